The van der Waals surface area contributed by atoms with E-state index in [-0.39, 0.29) is 0 Å². The Labute approximate surface area is 89.0 Å². The standard InChI is InChI=1S/C13H12N2/c1-3-13-12(9-14-2)11-7-5-4-6-10(11)8-15-13/h3-9H,1H2,2H3/b14-9-. The topological polar surface area (TPSA) is 25.2 Å². The lowest BCUT2D eigenvalue weighted by atomic mass is 10.1. The molecule has 0 saturated carbocycles. The van der Waals surface area contributed by atoms with Crippen LogP contribution in [0.5, 0.6) is 0 Å². The van der Waals surface area contributed by atoms with Gasteiger partial charge in [-0.25, -0.2) is 0 Å². The molecule has 0 atom stereocenters. The Morgan fingerprint density at radius 3 is 2.87 bits per heavy atom. The first-order chi connectivity index (χ1) is 7.36. The summed E-state index contributed by atoms with van der Waals surface area (Å²) < 4.78 is 0. The van der Waals surface area contributed by atoms with E-state index in [0.29, 0.717) is 0 Å². The summed E-state index contributed by atoms with van der Waals surface area (Å²) in [6.07, 6.45) is 5.44. The van der Waals surface area contributed by atoms with Gasteiger partial charge in [0, 0.05) is 30.4 Å². The number of benzene rings is 1. The molecule has 0 aliphatic heterocycles. The highest BCUT2D eigenvalue weighted by atomic mass is 14.7. The van der Waals surface area contributed by atoms with Crippen molar-refractivity contribution in [3.05, 3.63) is 48.3 Å². The number of hydrogen-bond acceptors (Lipinski definition) is 2. The molecule has 0 radical (unpaired) electrons. The van der Waals surface area contributed by atoms with E-state index < -0.39 is 0 Å². The molecule has 0 aliphatic carbocycles. The zero-order valence-corrected chi connectivity index (χ0v) is 8.64. The third kappa shape index (κ3) is 1.66. The van der Waals surface area contributed by atoms with Gasteiger partial charge in [0.2, 0.25) is 0 Å². The van der Waals surface area contributed by atoms with Crippen molar-refractivity contribution in [3.8, 4) is 0 Å². The first-order valence-electron chi connectivity index (χ1n) is 4.79. The minimum Gasteiger partial charge on any atom is -0.296 e. The Morgan fingerprint density at radius 1 is 1.33 bits per heavy atom. The number of aromatic nitrogens is 1. The Morgan fingerprint density at radius 2 is 2.13 bits per heavy atom. The molecule has 0 saturated heterocycles. The molecule has 2 rings (SSSR count). The van der Waals surface area contributed by atoms with Gasteiger partial charge < -0.3 is 0 Å². The van der Waals surface area contributed by atoms with Crippen LogP contribution in [0.25, 0.3) is 16.8 Å². The molecule has 2 aromatic rings. The van der Waals surface area contributed by atoms with Crippen LogP contribution in [0.15, 0.2) is 42.0 Å². The van der Waals surface area contributed by atoms with E-state index in [1.54, 1.807) is 13.1 Å². The maximum atomic E-state index is 4.33. The van der Waals surface area contributed by atoms with Crippen molar-refractivity contribution in [2.75, 3.05) is 7.05 Å². The molecule has 1 aromatic carbocycles. The Bertz CT molecular complexity index is 527. The first-order valence-corrected chi connectivity index (χ1v) is 4.79. The van der Waals surface area contributed by atoms with E-state index in [0.717, 1.165) is 22.0 Å². The largest absolute Gasteiger partial charge is 0.296 e. The fraction of sp³-hybridized carbons (Fsp3) is 0.0769. The third-order valence-corrected chi connectivity index (χ3v) is 2.32. The van der Waals surface area contributed by atoms with E-state index in [9.17, 15) is 0 Å². The number of hydrogen-bond donors (Lipinski definition) is 0. The van der Waals surface area contributed by atoms with Crippen LogP contribution in [-0.2, 0) is 0 Å². The monoisotopic (exact) mass is 196 g/mol. The molecule has 1 heterocycles. The van der Waals surface area contributed by atoms with Gasteiger partial charge in [-0.15, -0.1) is 0 Å². The average molecular weight is 196 g/mol. The van der Waals surface area contributed by atoms with Crippen molar-refractivity contribution in [2.45, 2.75) is 0 Å². The van der Waals surface area contributed by atoms with Crippen molar-refractivity contribution in [1.82, 2.24) is 4.98 Å². The predicted molar refractivity (Wildman–Crippen MR) is 65.4 cm³/mol. The molecule has 0 amide bonds. The fourth-order valence-corrected chi connectivity index (χ4v) is 1.63. The van der Waals surface area contributed by atoms with E-state index in [2.05, 4.69) is 22.6 Å². The molecular weight excluding hydrogens is 184 g/mol. The first kappa shape index (κ1) is 9.59. The molecule has 1 aromatic heterocycles. The third-order valence-electron chi connectivity index (χ3n) is 2.32. The highest BCUT2D eigenvalue weighted by Crippen LogP contribution is 2.19. The van der Waals surface area contributed by atoms with Gasteiger partial charge in [-0.05, 0) is 11.5 Å². The smallest absolute Gasteiger partial charge is 0.0717 e. The van der Waals surface area contributed by atoms with Crippen LogP contribution in [0.2, 0.25) is 0 Å². The van der Waals surface area contributed by atoms with Crippen molar-refractivity contribution < 1.29 is 0 Å². The number of pyridine rings is 1. The highest BCUT2D eigenvalue weighted by Gasteiger charge is 2.03. The van der Waals surface area contributed by atoms with Crippen molar-refractivity contribution in [1.29, 1.82) is 0 Å². The van der Waals surface area contributed by atoms with Crippen LogP contribution in [0.4, 0.5) is 0 Å². The maximum absolute atomic E-state index is 4.33. The molecule has 2 heteroatoms. The van der Waals surface area contributed by atoms with Crippen LogP contribution >= 0.6 is 0 Å². The van der Waals surface area contributed by atoms with E-state index >= 15 is 0 Å². The predicted octanol–water partition coefficient (Wildman–Crippen LogP) is 2.93. The number of fused-ring (bicyclic) bond motifs is 1. The molecule has 74 valence electrons. The van der Waals surface area contributed by atoms with Gasteiger partial charge in [0.1, 0.15) is 0 Å². The average Bonchev–Trinajstić information content (AvgIpc) is 2.30. The molecule has 0 N–H and O–H groups in total. The van der Waals surface area contributed by atoms with Gasteiger partial charge >= 0.3 is 0 Å². The second-order valence-corrected chi connectivity index (χ2v) is 3.24. The van der Waals surface area contributed by atoms with Crippen LogP contribution < -0.4 is 0 Å². The lowest BCUT2D eigenvalue weighted by molar-refractivity contribution is 1.31. The SMILES string of the molecule is C=Cc1ncc2ccccc2c1/C=N\C. The minimum atomic E-state index is 0.874. The van der Waals surface area contributed by atoms with Gasteiger partial charge in [0.05, 0.1) is 5.69 Å². The van der Waals surface area contributed by atoms with Crippen molar-refractivity contribution in [3.63, 3.8) is 0 Å². The normalized spacial score (nSPS) is 11.0. The second kappa shape index (κ2) is 4.05. The molecule has 15 heavy (non-hydrogen) atoms. The van der Waals surface area contributed by atoms with Gasteiger partial charge in [-0.1, -0.05) is 30.8 Å². The summed E-state index contributed by atoms with van der Waals surface area (Å²) in [4.78, 5) is 8.39. The summed E-state index contributed by atoms with van der Waals surface area (Å²) in [5, 5.41) is 2.28. The Balaban J connectivity index is 2.84. The molecule has 0 unspecified atom stereocenters. The van der Waals surface area contributed by atoms with Crippen molar-refractivity contribution in [2.24, 2.45) is 4.99 Å². The second-order valence-electron chi connectivity index (χ2n) is 3.24. The Hall–Kier alpha value is -1.96. The van der Waals surface area contributed by atoms with Gasteiger partial charge in [0.15, 0.2) is 0 Å². The van der Waals surface area contributed by atoms with Gasteiger partial charge in [-0.2, -0.15) is 0 Å². The lowest BCUT2D eigenvalue weighted by Gasteiger charge is -2.04. The summed E-state index contributed by atoms with van der Waals surface area (Å²) >= 11 is 0. The van der Waals surface area contributed by atoms with E-state index in [4.69, 9.17) is 0 Å². The quantitative estimate of drug-likeness (QED) is 0.678. The molecule has 0 bridgehead atoms. The van der Waals surface area contributed by atoms with Crippen LogP contribution in [0.1, 0.15) is 11.3 Å². The number of rotatable bonds is 2. The zero-order chi connectivity index (χ0) is 10.7. The summed E-state index contributed by atoms with van der Waals surface area (Å²) in [6, 6.07) is 8.13. The van der Waals surface area contributed by atoms with Crippen LogP contribution in [0.3, 0.4) is 0 Å². The maximum Gasteiger partial charge on any atom is 0.0717 e. The number of nitrogens with zero attached hydrogens (tertiary/aromatic N) is 2. The molecule has 2 nitrogen and oxygen atoms in total. The summed E-state index contributed by atoms with van der Waals surface area (Å²) in [5.74, 6) is 0. The highest BCUT2D eigenvalue weighted by molar-refractivity contribution is 6.01. The Kier molecular flexibility index (Phi) is 2.59. The number of aliphatic imine (C=N–C) groups is 1. The summed E-state index contributed by atoms with van der Waals surface area (Å²) in [7, 11) is 1.76. The van der Waals surface area contributed by atoms with Crippen molar-refractivity contribution >= 4 is 23.1 Å². The summed E-state index contributed by atoms with van der Waals surface area (Å²) in [6.45, 7) is 3.76. The molecular formula is C13H12N2. The molecule has 0 fully saturated rings. The van der Waals surface area contributed by atoms with Gasteiger partial charge in [-0.3, -0.25) is 9.98 Å². The fourth-order valence-electron chi connectivity index (χ4n) is 1.63. The molecule has 0 aliphatic rings. The van der Waals surface area contributed by atoms with Crippen LogP contribution in [-0.4, -0.2) is 18.2 Å². The zero-order valence-electron chi connectivity index (χ0n) is 8.64. The van der Waals surface area contributed by atoms with Gasteiger partial charge in [0.25, 0.3) is 0 Å². The minimum absolute atomic E-state index is 0.874. The van der Waals surface area contributed by atoms with E-state index in [1.807, 2.05) is 30.6 Å². The van der Waals surface area contributed by atoms with E-state index in [1.165, 1.54) is 0 Å². The summed E-state index contributed by atoms with van der Waals surface area (Å²) in [5.41, 5.74) is 1.91. The van der Waals surface area contributed by atoms with Crippen LogP contribution in [0, 0.1) is 0 Å². The lowest BCUT2D eigenvalue weighted by Crippen LogP contribution is -1.93. The molecule has 0 spiro atoms.